The predicted octanol–water partition coefficient (Wildman–Crippen LogP) is 6.65. The van der Waals surface area contributed by atoms with Gasteiger partial charge in [-0.3, -0.25) is 19.5 Å². The maximum absolute atomic E-state index is 13.2. The number of aromatic nitrogens is 3. The van der Waals surface area contributed by atoms with Gasteiger partial charge in [-0.2, -0.15) is 4.98 Å². The fraction of sp³-hybridized carbons (Fsp3) is 0.548. The van der Waals surface area contributed by atoms with Gasteiger partial charge in [-0.05, 0) is 48.4 Å². The largest absolute Gasteiger partial charge is 0.414 e. The summed E-state index contributed by atoms with van der Waals surface area (Å²) in [6, 6.07) is 9.12. The van der Waals surface area contributed by atoms with E-state index in [1.807, 2.05) is 0 Å². The summed E-state index contributed by atoms with van der Waals surface area (Å²) in [5.41, 5.74) is -0.754. The number of hydrogen-bond acceptors (Lipinski definition) is 9. The average Bonchev–Trinajstić information content (AvgIpc) is 3.31. The van der Waals surface area contributed by atoms with Gasteiger partial charge in [-0.1, -0.05) is 59.7 Å². The van der Waals surface area contributed by atoms with E-state index in [0.29, 0.717) is 18.4 Å². The van der Waals surface area contributed by atoms with Gasteiger partial charge < -0.3 is 18.9 Å². The molecule has 0 aliphatic carbocycles. The molecule has 0 spiro atoms. The third kappa shape index (κ3) is 7.57. The summed E-state index contributed by atoms with van der Waals surface area (Å²) in [7, 11) is -4.24. The van der Waals surface area contributed by atoms with Crippen LogP contribution in [-0.4, -0.2) is 60.8 Å². The van der Waals surface area contributed by atoms with Crippen LogP contribution in [0.3, 0.4) is 0 Å². The second-order valence-corrected chi connectivity index (χ2v) is 24.2. The molecule has 1 saturated heterocycles. The van der Waals surface area contributed by atoms with Crippen molar-refractivity contribution in [3.8, 4) is 0 Å². The fourth-order valence-corrected chi connectivity index (χ4v) is 6.87. The van der Waals surface area contributed by atoms with Crippen LogP contribution in [0.25, 0.3) is 10.9 Å². The van der Waals surface area contributed by atoms with Gasteiger partial charge in [0.05, 0.1) is 17.6 Å². The number of carbonyl (C=O) groups is 1. The van der Waals surface area contributed by atoms with Gasteiger partial charge >= 0.3 is 5.69 Å². The Bertz CT molecular complexity index is 1650. The second-order valence-electron chi connectivity index (χ2n) is 14.6. The van der Waals surface area contributed by atoms with Crippen molar-refractivity contribution < 1.29 is 23.3 Å². The zero-order chi connectivity index (χ0) is 33.5. The number of ether oxygens (including phenoxy) is 1. The minimum absolute atomic E-state index is 0.0149. The topological polar surface area (TPSA) is 148 Å². The van der Waals surface area contributed by atoms with E-state index in [-0.39, 0.29) is 45.0 Å². The van der Waals surface area contributed by atoms with Crippen molar-refractivity contribution in [2.75, 3.05) is 11.9 Å². The summed E-state index contributed by atoms with van der Waals surface area (Å²) < 4.78 is 21.2. The summed E-state index contributed by atoms with van der Waals surface area (Å²) in [6.45, 7) is 22.3. The molecule has 1 N–H and O–H groups in total. The standard InChI is InChI=1S/C31H45N5O7Si2/c1-30(2,3)44(7,8)41-19-24-23(43-45(9,10)31(4,5)6)18-26(42-24)35-17-16-25(34-29(35)38)33-28(37)21-15-14-20-12-11-13-22(36(39)40)27(20)32-21/h11-17,23-24,26H,18-19H2,1-10H3,(H,33,34,37,38)/t23-,24+,26+/m0/s1. The number of non-ortho nitro benzene ring substituents is 1. The number of pyridine rings is 1. The van der Waals surface area contributed by atoms with Gasteiger partial charge in [0.1, 0.15) is 29.4 Å². The molecule has 0 saturated carbocycles. The van der Waals surface area contributed by atoms with E-state index in [1.165, 1.54) is 29.0 Å². The van der Waals surface area contributed by atoms with Crippen LogP contribution in [0.2, 0.25) is 36.3 Å². The molecule has 4 rings (SSSR count). The molecular formula is C31H45N5O7Si2. The van der Waals surface area contributed by atoms with Crippen LogP contribution < -0.4 is 11.0 Å². The summed E-state index contributed by atoms with van der Waals surface area (Å²) in [4.78, 5) is 45.4. The maximum Gasteiger partial charge on any atom is 0.351 e. The molecule has 0 bridgehead atoms. The highest BCUT2D eigenvalue weighted by atomic mass is 28.4. The van der Waals surface area contributed by atoms with E-state index in [9.17, 15) is 19.7 Å². The van der Waals surface area contributed by atoms with Crippen LogP contribution in [0.1, 0.15) is 64.7 Å². The number of amides is 1. The third-order valence-electron chi connectivity index (χ3n) is 9.36. The SMILES string of the molecule is CC(C)(C)[Si](C)(C)OC[C@H]1O[C@@H](n2ccc(NC(=O)c3ccc4cccc([N+](=O)[O-])c4n3)nc2=O)C[C@@H]1O[Si](C)(C)C(C)(C)C. The number of nitrogens with zero attached hydrogens (tertiary/aromatic N) is 4. The molecular weight excluding hydrogens is 611 g/mol. The van der Waals surface area contributed by atoms with Gasteiger partial charge in [0.15, 0.2) is 16.6 Å². The zero-order valence-electron chi connectivity index (χ0n) is 27.8. The lowest BCUT2D eigenvalue weighted by Crippen LogP contribution is -2.48. The number of para-hydroxylation sites is 1. The van der Waals surface area contributed by atoms with Crippen LogP contribution in [0.15, 0.2) is 47.4 Å². The van der Waals surface area contributed by atoms with Gasteiger partial charge in [0, 0.05) is 24.1 Å². The molecule has 3 aromatic rings. The first-order chi connectivity index (χ1) is 20.7. The van der Waals surface area contributed by atoms with Crippen molar-refractivity contribution in [2.45, 2.75) is 103 Å². The molecule has 3 heterocycles. The zero-order valence-corrected chi connectivity index (χ0v) is 29.8. The Kier molecular flexibility index (Phi) is 9.58. The Labute approximate surface area is 265 Å². The van der Waals surface area contributed by atoms with Gasteiger partial charge in [-0.15, -0.1) is 0 Å². The van der Waals surface area contributed by atoms with Gasteiger partial charge in [0.2, 0.25) is 0 Å². The van der Waals surface area contributed by atoms with E-state index in [4.69, 9.17) is 13.6 Å². The van der Waals surface area contributed by atoms with E-state index in [1.54, 1.807) is 18.2 Å². The lowest BCUT2D eigenvalue weighted by atomic mass is 10.1. The highest BCUT2D eigenvalue weighted by Gasteiger charge is 2.46. The molecule has 1 aliphatic rings. The molecule has 1 aromatic carbocycles. The lowest BCUT2D eigenvalue weighted by Gasteiger charge is -2.40. The highest BCUT2D eigenvalue weighted by molar-refractivity contribution is 6.74. The molecule has 1 amide bonds. The third-order valence-corrected chi connectivity index (χ3v) is 18.4. The molecule has 14 heteroatoms. The number of hydrogen-bond donors (Lipinski definition) is 1. The quantitative estimate of drug-likeness (QED) is 0.152. The Hall–Kier alpha value is -3.31. The van der Waals surface area contributed by atoms with Crippen LogP contribution in [-0.2, 0) is 13.6 Å². The Balaban J connectivity index is 1.54. The molecule has 12 nitrogen and oxygen atoms in total. The highest BCUT2D eigenvalue weighted by Crippen LogP contribution is 2.42. The predicted molar refractivity (Wildman–Crippen MR) is 179 cm³/mol. The number of fused-ring (bicyclic) bond motifs is 1. The summed E-state index contributed by atoms with van der Waals surface area (Å²) in [5, 5.41) is 14.6. The second kappa shape index (κ2) is 12.5. The van der Waals surface area contributed by atoms with Crippen molar-refractivity contribution >= 4 is 45.0 Å². The van der Waals surface area contributed by atoms with Crippen LogP contribution in [0.5, 0.6) is 0 Å². The number of anilines is 1. The molecule has 0 radical (unpaired) electrons. The first-order valence-corrected chi connectivity index (χ1v) is 20.9. The summed E-state index contributed by atoms with van der Waals surface area (Å²) in [6.07, 6.45) is 0.725. The summed E-state index contributed by atoms with van der Waals surface area (Å²) in [5.74, 6) is -0.627. The number of nitro benzene ring substituents is 1. The normalized spacial score (nSPS) is 19.6. The Morgan fingerprint density at radius 3 is 2.31 bits per heavy atom. The first-order valence-electron chi connectivity index (χ1n) is 15.1. The van der Waals surface area contributed by atoms with E-state index >= 15 is 0 Å². The number of rotatable bonds is 9. The molecule has 3 atom stereocenters. The van der Waals surface area contributed by atoms with Crippen LogP contribution >= 0.6 is 0 Å². The van der Waals surface area contributed by atoms with E-state index in [2.05, 4.69) is 83.0 Å². The monoisotopic (exact) mass is 655 g/mol. The minimum Gasteiger partial charge on any atom is -0.414 e. The molecule has 0 unspecified atom stereocenters. The lowest BCUT2D eigenvalue weighted by molar-refractivity contribution is -0.383. The van der Waals surface area contributed by atoms with Crippen molar-refractivity contribution in [1.29, 1.82) is 0 Å². The van der Waals surface area contributed by atoms with E-state index in [0.717, 1.165) is 0 Å². The van der Waals surface area contributed by atoms with Crippen LogP contribution in [0.4, 0.5) is 11.5 Å². The smallest absolute Gasteiger partial charge is 0.351 e. The van der Waals surface area contributed by atoms with Crippen LogP contribution in [0, 0.1) is 10.1 Å². The van der Waals surface area contributed by atoms with Crippen molar-refractivity contribution in [2.24, 2.45) is 0 Å². The Morgan fingerprint density at radius 1 is 1.04 bits per heavy atom. The van der Waals surface area contributed by atoms with Crippen molar-refractivity contribution in [3.05, 3.63) is 68.9 Å². The van der Waals surface area contributed by atoms with Gasteiger partial charge in [-0.25, -0.2) is 9.78 Å². The average molecular weight is 656 g/mol. The molecule has 45 heavy (non-hydrogen) atoms. The fourth-order valence-electron chi connectivity index (χ4n) is 4.49. The van der Waals surface area contributed by atoms with Crippen molar-refractivity contribution in [3.63, 3.8) is 0 Å². The molecule has 1 fully saturated rings. The number of carbonyl (C=O) groups excluding carboxylic acids is 1. The summed E-state index contributed by atoms with van der Waals surface area (Å²) >= 11 is 0. The molecule has 1 aliphatic heterocycles. The number of nitro groups is 1. The maximum atomic E-state index is 13.2. The first kappa shape index (κ1) is 34.6. The Morgan fingerprint density at radius 2 is 1.71 bits per heavy atom. The number of benzene rings is 1. The molecule has 2 aromatic heterocycles. The van der Waals surface area contributed by atoms with E-state index < -0.39 is 39.4 Å². The van der Waals surface area contributed by atoms with Crippen molar-refractivity contribution in [1.82, 2.24) is 14.5 Å². The molecule has 244 valence electrons. The minimum atomic E-state index is -2.17. The number of nitrogens with one attached hydrogen (secondary N) is 1. The van der Waals surface area contributed by atoms with Gasteiger partial charge in [0.25, 0.3) is 11.6 Å².